The van der Waals surface area contributed by atoms with E-state index in [2.05, 4.69) is 42.7 Å². The summed E-state index contributed by atoms with van der Waals surface area (Å²) in [5, 5.41) is 7.04. The van der Waals surface area contributed by atoms with Gasteiger partial charge < -0.3 is 5.32 Å². The third-order valence-electron chi connectivity index (χ3n) is 2.69. The summed E-state index contributed by atoms with van der Waals surface area (Å²) in [5.74, 6) is 1.25. The number of rotatable bonds is 2. The lowest BCUT2D eigenvalue weighted by Crippen LogP contribution is -2.38. The van der Waals surface area contributed by atoms with Gasteiger partial charge in [0.15, 0.2) is 0 Å². The van der Waals surface area contributed by atoms with Crippen molar-refractivity contribution >= 4 is 29.9 Å². The molecule has 2 rings (SSSR count). The number of benzene rings is 1. The van der Waals surface area contributed by atoms with Crippen molar-refractivity contribution in [2.24, 2.45) is 0 Å². The van der Waals surface area contributed by atoms with Gasteiger partial charge in [0, 0.05) is 5.69 Å². The van der Waals surface area contributed by atoms with Crippen LogP contribution in [-0.2, 0) is 0 Å². The Hall–Kier alpha value is -0.380. The topological polar surface area (TPSA) is 24.1 Å². The summed E-state index contributed by atoms with van der Waals surface area (Å²) >= 11 is 1.95. The van der Waals surface area contributed by atoms with Gasteiger partial charge in [-0.15, -0.1) is 24.2 Å². The van der Waals surface area contributed by atoms with Crippen LogP contribution in [0, 0.1) is 13.8 Å². The molecule has 0 aromatic heterocycles. The van der Waals surface area contributed by atoms with E-state index in [9.17, 15) is 0 Å². The Labute approximate surface area is 108 Å². The van der Waals surface area contributed by atoms with Crippen LogP contribution in [0.3, 0.4) is 0 Å². The van der Waals surface area contributed by atoms with Crippen molar-refractivity contribution in [2.75, 3.05) is 17.6 Å². The molecule has 0 saturated carbocycles. The highest BCUT2D eigenvalue weighted by atomic mass is 35.5. The number of hydrogen-bond donors (Lipinski definition) is 2. The minimum atomic E-state index is 0. The summed E-state index contributed by atoms with van der Waals surface area (Å²) in [4.78, 5) is 0. The fourth-order valence-corrected chi connectivity index (χ4v) is 2.81. The van der Waals surface area contributed by atoms with Crippen molar-refractivity contribution in [3.63, 3.8) is 0 Å². The van der Waals surface area contributed by atoms with Gasteiger partial charge in [-0.3, -0.25) is 5.32 Å². The molecule has 0 amide bonds. The Balaban J connectivity index is 0.00000128. The number of anilines is 1. The van der Waals surface area contributed by atoms with Crippen molar-refractivity contribution in [2.45, 2.75) is 25.8 Å². The molecular formula is C12H19ClN2S. The van der Waals surface area contributed by atoms with E-state index in [-0.39, 0.29) is 12.4 Å². The van der Waals surface area contributed by atoms with Gasteiger partial charge in [0.25, 0.3) is 0 Å². The zero-order valence-corrected chi connectivity index (χ0v) is 11.4. The minimum absolute atomic E-state index is 0. The van der Waals surface area contributed by atoms with Gasteiger partial charge in [0.1, 0.15) is 5.50 Å². The van der Waals surface area contributed by atoms with Crippen molar-refractivity contribution in [3.05, 3.63) is 29.3 Å². The second-order valence-electron chi connectivity index (χ2n) is 3.97. The highest BCUT2D eigenvalue weighted by Gasteiger charge is 2.13. The van der Waals surface area contributed by atoms with Crippen LogP contribution in [0.2, 0.25) is 0 Å². The maximum absolute atomic E-state index is 3.57. The van der Waals surface area contributed by atoms with Crippen LogP contribution in [0.15, 0.2) is 18.2 Å². The Morgan fingerprint density at radius 1 is 1.31 bits per heavy atom. The molecule has 1 atom stereocenters. The van der Waals surface area contributed by atoms with Crippen LogP contribution in [-0.4, -0.2) is 17.8 Å². The smallest absolute Gasteiger partial charge is 0.125 e. The molecular weight excluding hydrogens is 240 g/mol. The van der Waals surface area contributed by atoms with Gasteiger partial charge in [-0.2, -0.15) is 0 Å². The van der Waals surface area contributed by atoms with Gasteiger partial charge in [-0.25, -0.2) is 0 Å². The molecule has 4 heteroatoms. The van der Waals surface area contributed by atoms with Crippen molar-refractivity contribution in [1.29, 1.82) is 0 Å². The van der Waals surface area contributed by atoms with E-state index in [1.165, 1.54) is 29.0 Å². The van der Waals surface area contributed by atoms with Gasteiger partial charge in [0.2, 0.25) is 0 Å². The molecule has 1 saturated heterocycles. The standard InChI is InChI=1S/C12H18N2S.ClH/c1-9-5-3-6-10(2)11(9)14-12-13-7-4-8-15-12;/h3,5-6,12-14H,4,7-8H2,1-2H3;1H. The molecule has 1 unspecified atom stereocenters. The third-order valence-corrected chi connectivity index (χ3v) is 3.83. The minimum Gasteiger partial charge on any atom is -0.361 e. The lowest BCUT2D eigenvalue weighted by Gasteiger charge is -2.26. The van der Waals surface area contributed by atoms with Crippen LogP contribution in [0.5, 0.6) is 0 Å². The Kier molecular flexibility index (Phi) is 5.46. The highest BCUT2D eigenvalue weighted by Crippen LogP contribution is 2.23. The Bertz CT molecular complexity index is 318. The first kappa shape index (κ1) is 13.7. The van der Waals surface area contributed by atoms with E-state index >= 15 is 0 Å². The predicted molar refractivity (Wildman–Crippen MR) is 75.7 cm³/mol. The van der Waals surface area contributed by atoms with Gasteiger partial charge in [-0.1, -0.05) is 18.2 Å². The Morgan fingerprint density at radius 3 is 2.56 bits per heavy atom. The first-order valence-corrected chi connectivity index (χ1v) is 6.50. The number of hydrogen-bond acceptors (Lipinski definition) is 3. The third kappa shape index (κ3) is 3.30. The van der Waals surface area contributed by atoms with Crippen molar-refractivity contribution < 1.29 is 0 Å². The fraction of sp³-hybridized carbons (Fsp3) is 0.500. The molecule has 1 heterocycles. The molecule has 1 aromatic rings. The van der Waals surface area contributed by atoms with E-state index in [0.29, 0.717) is 5.50 Å². The van der Waals surface area contributed by atoms with Gasteiger partial charge in [-0.05, 0) is 43.7 Å². The summed E-state index contributed by atoms with van der Waals surface area (Å²) in [5.41, 5.74) is 4.30. The number of thioether (sulfide) groups is 1. The first-order valence-electron chi connectivity index (χ1n) is 5.45. The van der Waals surface area contributed by atoms with E-state index in [1.807, 2.05) is 11.8 Å². The molecule has 1 aliphatic heterocycles. The van der Waals surface area contributed by atoms with E-state index in [4.69, 9.17) is 0 Å². The lowest BCUT2D eigenvalue weighted by atomic mass is 10.1. The fourth-order valence-electron chi connectivity index (χ4n) is 1.83. The molecule has 2 N–H and O–H groups in total. The molecule has 0 radical (unpaired) electrons. The Morgan fingerprint density at radius 2 is 2.00 bits per heavy atom. The monoisotopic (exact) mass is 258 g/mol. The van der Waals surface area contributed by atoms with Crippen LogP contribution < -0.4 is 10.6 Å². The van der Waals surface area contributed by atoms with E-state index in [1.54, 1.807) is 0 Å². The molecule has 0 bridgehead atoms. The van der Waals surface area contributed by atoms with Crippen molar-refractivity contribution in [1.82, 2.24) is 5.32 Å². The maximum atomic E-state index is 3.57. The second kappa shape index (κ2) is 6.38. The van der Waals surface area contributed by atoms with Gasteiger partial charge in [0.05, 0.1) is 0 Å². The SMILES string of the molecule is Cc1cccc(C)c1NC1NCCCS1.Cl. The average molecular weight is 259 g/mol. The number of aryl methyl sites for hydroxylation is 2. The van der Waals surface area contributed by atoms with Crippen LogP contribution in [0.25, 0.3) is 0 Å². The van der Waals surface area contributed by atoms with Crippen LogP contribution in [0.4, 0.5) is 5.69 Å². The van der Waals surface area contributed by atoms with Crippen LogP contribution in [0.1, 0.15) is 17.5 Å². The first-order chi connectivity index (χ1) is 7.27. The van der Waals surface area contributed by atoms with Crippen LogP contribution >= 0.6 is 24.2 Å². The predicted octanol–water partition coefficient (Wildman–Crippen LogP) is 3.15. The normalized spacial score (nSPS) is 20.0. The van der Waals surface area contributed by atoms with Crippen molar-refractivity contribution in [3.8, 4) is 0 Å². The summed E-state index contributed by atoms with van der Waals surface area (Å²) in [7, 11) is 0. The molecule has 16 heavy (non-hydrogen) atoms. The lowest BCUT2D eigenvalue weighted by molar-refractivity contribution is 0.659. The number of nitrogens with one attached hydrogen (secondary N) is 2. The molecule has 0 aliphatic carbocycles. The number of halogens is 1. The molecule has 90 valence electrons. The molecule has 2 nitrogen and oxygen atoms in total. The quantitative estimate of drug-likeness (QED) is 0.852. The maximum Gasteiger partial charge on any atom is 0.125 e. The summed E-state index contributed by atoms with van der Waals surface area (Å²) in [6, 6.07) is 6.42. The molecule has 1 fully saturated rings. The molecule has 1 aliphatic rings. The largest absolute Gasteiger partial charge is 0.361 e. The van der Waals surface area contributed by atoms with Gasteiger partial charge >= 0.3 is 0 Å². The summed E-state index contributed by atoms with van der Waals surface area (Å²) < 4.78 is 0. The number of para-hydroxylation sites is 1. The molecule has 1 aromatic carbocycles. The zero-order valence-electron chi connectivity index (χ0n) is 9.75. The highest BCUT2D eigenvalue weighted by molar-refractivity contribution is 8.00. The van der Waals surface area contributed by atoms with E-state index < -0.39 is 0 Å². The van der Waals surface area contributed by atoms with E-state index in [0.717, 1.165) is 6.54 Å². The summed E-state index contributed by atoms with van der Waals surface area (Å²) in [6.07, 6.45) is 1.27. The zero-order chi connectivity index (χ0) is 10.7. The second-order valence-corrected chi connectivity index (χ2v) is 5.18. The summed E-state index contributed by atoms with van der Waals surface area (Å²) in [6.45, 7) is 5.43. The average Bonchev–Trinajstić information content (AvgIpc) is 2.25. The molecule has 0 spiro atoms.